The summed E-state index contributed by atoms with van der Waals surface area (Å²) in [4.78, 5) is 8.60. The molecular formula is C10H16N4OS. The van der Waals surface area contributed by atoms with Gasteiger partial charge in [-0.1, -0.05) is 30.8 Å². The van der Waals surface area contributed by atoms with Crippen molar-refractivity contribution in [1.29, 1.82) is 0 Å². The molecule has 0 aromatic carbocycles. The van der Waals surface area contributed by atoms with E-state index in [1.807, 2.05) is 6.92 Å². The summed E-state index contributed by atoms with van der Waals surface area (Å²) < 4.78 is 5.01. The van der Waals surface area contributed by atoms with E-state index >= 15 is 0 Å². The van der Waals surface area contributed by atoms with E-state index in [0.717, 1.165) is 17.5 Å². The molecule has 0 bridgehead atoms. The normalized spacial score (nSPS) is 19.3. The van der Waals surface area contributed by atoms with Crippen molar-refractivity contribution in [3.05, 3.63) is 11.7 Å². The summed E-state index contributed by atoms with van der Waals surface area (Å²) in [6.07, 6.45) is 0. The Bertz CT molecular complexity index is 399. The third-order valence-corrected chi connectivity index (χ3v) is 3.68. The Kier molecular flexibility index (Phi) is 3.18. The average molecular weight is 240 g/mol. The fraction of sp³-hybridized carbons (Fsp3) is 0.700. The van der Waals surface area contributed by atoms with Gasteiger partial charge in [-0.05, 0) is 12.3 Å². The number of aromatic nitrogens is 2. The molecule has 6 heteroatoms. The summed E-state index contributed by atoms with van der Waals surface area (Å²) in [5, 5.41) is 7.90. The maximum absolute atomic E-state index is 5.01. The van der Waals surface area contributed by atoms with Gasteiger partial charge in [0, 0.05) is 12.3 Å². The number of hydrogen-bond donors (Lipinski definition) is 1. The van der Waals surface area contributed by atoms with Gasteiger partial charge >= 0.3 is 0 Å². The highest BCUT2D eigenvalue weighted by atomic mass is 32.2. The molecule has 1 N–H and O–H groups in total. The van der Waals surface area contributed by atoms with Crippen LogP contribution in [-0.2, 0) is 6.54 Å². The van der Waals surface area contributed by atoms with E-state index in [2.05, 4.69) is 34.3 Å². The van der Waals surface area contributed by atoms with Crippen molar-refractivity contribution in [3.63, 3.8) is 0 Å². The van der Waals surface area contributed by atoms with E-state index in [1.165, 1.54) is 0 Å². The summed E-state index contributed by atoms with van der Waals surface area (Å²) in [6, 6.07) is 0. The first-order chi connectivity index (χ1) is 7.55. The van der Waals surface area contributed by atoms with Crippen molar-refractivity contribution >= 4 is 16.9 Å². The highest BCUT2D eigenvalue weighted by Gasteiger charge is 2.23. The Morgan fingerprint density at radius 3 is 2.88 bits per heavy atom. The van der Waals surface area contributed by atoms with E-state index in [-0.39, 0.29) is 0 Å². The number of rotatable bonds is 2. The average Bonchev–Trinajstić information content (AvgIpc) is 2.63. The zero-order valence-electron chi connectivity index (χ0n) is 9.78. The maximum Gasteiger partial charge on any atom is 0.245 e. The first kappa shape index (κ1) is 11.4. The molecule has 0 unspecified atom stereocenters. The molecule has 1 aromatic rings. The first-order valence-electron chi connectivity index (χ1n) is 5.25. The maximum atomic E-state index is 5.01. The predicted molar refractivity (Wildman–Crippen MR) is 64.4 cm³/mol. The summed E-state index contributed by atoms with van der Waals surface area (Å²) in [5.41, 5.74) is 0.303. The monoisotopic (exact) mass is 240 g/mol. The topological polar surface area (TPSA) is 63.3 Å². The minimum atomic E-state index is 0.303. The zero-order valence-corrected chi connectivity index (χ0v) is 10.6. The van der Waals surface area contributed by atoms with Gasteiger partial charge in [-0.25, -0.2) is 0 Å². The summed E-state index contributed by atoms with van der Waals surface area (Å²) in [5.74, 6) is 2.35. The number of nitrogens with zero attached hydrogens (tertiary/aromatic N) is 3. The van der Waals surface area contributed by atoms with E-state index in [0.29, 0.717) is 23.7 Å². The van der Waals surface area contributed by atoms with E-state index in [4.69, 9.17) is 4.52 Å². The number of aliphatic imine (C=N–C) groups is 1. The second-order valence-corrected chi connectivity index (χ2v) is 5.63. The summed E-state index contributed by atoms with van der Waals surface area (Å²) in [7, 11) is 0. The molecule has 1 aliphatic rings. The third-order valence-electron chi connectivity index (χ3n) is 2.21. The minimum absolute atomic E-state index is 0.303. The quantitative estimate of drug-likeness (QED) is 0.850. The van der Waals surface area contributed by atoms with Gasteiger partial charge in [0.15, 0.2) is 11.0 Å². The molecule has 0 saturated carbocycles. The number of hydrogen-bond acceptors (Lipinski definition) is 6. The van der Waals surface area contributed by atoms with Gasteiger partial charge in [0.25, 0.3) is 0 Å². The Morgan fingerprint density at radius 2 is 2.31 bits per heavy atom. The van der Waals surface area contributed by atoms with Crippen LogP contribution in [0.15, 0.2) is 9.52 Å². The van der Waals surface area contributed by atoms with Crippen LogP contribution < -0.4 is 5.32 Å². The summed E-state index contributed by atoms with van der Waals surface area (Å²) >= 11 is 1.75. The van der Waals surface area contributed by atoms with Gasteiger partial charge in [-0.2, -0.15) is 4.98 Å². The molecular weight excluding hydrogens is 224 g/mol. The summed E-state index contributed by atoms with van der Waals surface area (Å²) in [6.45, 7) is 7.67. The molecule has 0 fully saturated rings. The number of thioether (sulfide) groups is 1. The van der Waals surface area contributed by atoms with Crippen molar-refractivity contribution in [3.8, 4) is 0 Å². The Morgan fingerprint density at radius 1 is 1.50 bits per heavy atom. The van der Waals surface area contributed by atoms with E-state index in [9.17, 15) is 0 Å². The van der Waals surface area contributed by atoms with Crippen LogP contribution >= 0.6 is 11.8 Å². The van der Waals surface area contributed by atoms with Gasteiger partial charge < -0.3 is 9.84 Å². The molecule has 0 atom stereocenters. The van der Waals surface area contributed by atoms with Gasteiger partial charge in [0.1, 0.15) is 0 Å². The number of aryl methyl sites for hydroxylation is 1. The molecule has 0 aliphatic carbocycles. The molecule has 0 spiro atoms. The van der Waals surface area contributed by atoms with Crippen molar-refractivity contribution < 1.29 is 4.52 Å². The highest BCUT2D eigenvalue weighted by Crippen LogP contribution is 2.26. The molecule has 0 saturated heterocycles. The fourth-order valence-corrected chi connectivity index (χ4v) is 2.26. The van der Waals surface area contributed by atoms with Crippen molar-refractivity contribution in [2.24, 2.45) is 10.4 Å². The van der Waals surface area contributed by atoms with Gasteiger partial charge in [-0.15, -0.1) is 0 Å². The molecule has 2 rings (SSSR count). The second kappa shape index (κ2) is 4.45. The highest BCUT2D eigenvalue weighted by molar-refractivity contribution is 8.13. The molecule has 88 valence electrons. The number of amidine groups is 1. The molecule has 1 aliphatic heterocycles. The van der Waals surface area contributed by atoms with Crippen molar-refractivity contribution in [2.45, 2.75) is 27.3 Å². The second-order valence-electron chi connectivity index (χ2n) is 4.66. The standard InChI is InChI=1S/C10H16N4OS/c1-7-13-8(15-14-7)4-11-9-12-5-10(2,3)6-16-9/h4-6H2,1-3H3,(H,11,12). The van der Waals surface area contributed by atoms with E-state index < -0.39 is 0 Å². The van der Waals surface area contributed by atoms with Crippen LogP contribution in [-0.4, -0.2) is 27.6 Å². The predicted octanol–water partition coefficient (Wildman–Crippen LogP) is 1.60. The SMILES string of the molecule is Cc1noc(CNC2=NCC(C)(C)CS2)n1. The van der Waals surface area contributed by atoms with Crippen molar-refractivity contribution in [2.75, 3.05) is 12.3 Å². The fourth-order valence-electron chi connectivity index (χ4n) is 1.31. The molecule has 0 amide bonds. The lowest BCUT2D eigenvalue weighted by Crippen LogP contribution is -2.31. The lowest BCUT2D eigenvalue weighted by Gasteiger charge is -2.27. The van der Waals surface area contributed by atoms with Crippen molar-refractivity contribution in [1.82, 2.24) is 15.5 Å². The van der Waals surface area contributed by atoms with Crippen LogP contribution in [0.1, 0.15) is 25.6 Å². The van der Waals surface area contributed by atoms with E-state index in [1.54, 1.807) is 11.8 Å². The molecule has 1 aromatic heterocycles. The molecule has 2 heterocycles. The van der Waals surface area contributed by atoms with Crippen LogP contribution in [0.5, 0.6) is 0 Å². The van der Waals surface area contributed by atoms with Crippen LogP contribution in [0, 0.1) is 12.3 Å². The largest absolute Gasteiger partial charge is 0.356 e. The Hall–Kier alpha value is -1.04. The van der Waals surface area contributed by atoms with Crippen LogP contribution in [0.2, 0.25) is 0 Å². The smallest absolute Gasteiger partial charge is 0.245 e. The lowest BCUT2D eigenvalue weighted by molar-refractivity contribution is 0.372. The van der Waals surface area contributed by atoms with Gasteiger partial charge in [0.05, 0.1) is 6.54 Å². The minimum Gasteiger partial charge on any atom is -0.356 e. The van der Waals surface area contributed by atoms with Gasteiger partial charge in [0.2, 0.25) is 5.89 Å². The molecule has 16 heavy (non-hydrogen) atoms. The zero-order chi connectivity index (χ0) is 11.6. The Balaban J connectivity index is 1.85. The number of nitrogens with one attached hydrogen (secondary N) is 1. The van der Waals surface area contributed by atoms with Crippen LogP contribution in [0.25, 0.3) is 0 Å². The van der Waals surface area contributed by atoms with Gasteiger partial charge in [-0.3, -0.25) is 4.99 Å². The lowest BCUT2D eigenvalue weighted by atomic mass is 9.97. The molecule has 0 radical (unpaired) electrons. The van der Waals surface area contributed by atoms with Crippen LogP contribution in [0.4, 0.5) is 0 Å². The third kappa shape index (κ3) is 2.98. The Labute approximate surface area is 99.1 Å². The molecule has 5 nitrogen and oxygen atoms in total. The van der Waals surface area contributed by atoms with Crippen LogP contribution in [0.3, 0.4) is 0 Å². The first-order valence-corrected chi connectivity index (χ1v) is 6.24.